The van der Waals surface area contributed by atoms with Crippen LogP contribution in [0.5, 0.6) is 0 Å². The van der Waals surface area contributed by atoms with Crippen LogP contribution in [0.25, 0.3) is 4.85 Å². The second-order valence-corrected chi connectivity index (χ2v) is 7.00. The van der Waals surface area contributed by atoms with Gasteiger partial charge in [0.25, 0.3) is 0 Å². The first-order valence-corrected chi connectivity index (χ1v) is 6.82. The molecule has 2 aliphatic rings. The number of carbonyl (C=O) groups excluding carboxylic acids is 1. The molecule has 0 aliphatic heterocycles. The van der Waals surface area contributed by atoms with Crippen molar-refractivity contribution in [2.75, 3.05) is 0 Å². The lowest BCUT2D eigenvalue weighted by Crippen LogP contribution is -2.58. The molecular weight excluding hydrogens is 283 g/mol. The quantitative estimate of drug-likeness (QED) is 0.696. The maximum atomic E-state index is 13.1. The normalized spacial score (nSPS) is 39.2. The van der Waals surface area contributed by atoms with E-state index in [0.29, 0.717) is 0 Å². The molecule has 6 heteroatoms. The van der Waals surface area contributed by atoms with E-state index in [4.69, 9.17) is 6.57 Å². The van der Waals surface area contributed by atoms with E-state index in [1.807, 2.05) is 0 Å². The van der Waals surface area contributed by atoms with Crippen molar-refractivity contribution < 1.29 is 23.1 Å². The molecule has 0 unspecified atom stereocenters. The molecule has 0 aromatic carbocycles. The molecule has 1 fully saturated rings. The fourth-order valence-corrected chi connectivity index (χ4v) is 4.08. The fraction of sp³-hybridized carbons (Fsp3) is 0.733. The van der Waals surface area contributed by atoms with E-state index in [1.54, 1.807) is 20.8 Å². The third-order valence-corrected chi connectivity index (χ3v) is 5.12. The maximum Gasteiger partial charge on any atom is 0.417 e. The Morgan fingerprint density at radius 1 is 1.38 bits per heavy atom. The standard InChI is InChI=1S/C15H18F3NO2/c1-12(2)10-5-6-14(21,15(16,17)18)8-13(10,3)7-9(19-4)11(12)20/h7,10,21H,5-6,8H2,1-3H3/t10-,13+,14-/m0/s1. The van der Waals surface area contributed by atoms with Crippen molar-refractivity contribution in [3.05, 3.63) is 23.2 Å². The molecule has 2 rings (SSSR count). The third kappa shape index (κ3) is 2.18. The van der Waals surface area contributed by atoms with E-state index in [2.05, 4.69) is 4.85 Å². The summed E-state index contributed by atoms with van der Waals surface area (Å²) in [6.45, 7) is 12.0. The summed E-state index contributed by atoms with van der Waals surface area (Å²) in [6, 6.07) is 0. The third-order valence-electron chi connectivity index (χ3n) is 5.12. The Kier molecular flexibility index (Phi) is 3.30. The smallest absolute Gasteiger partial charge is 0.380 e. The molecule has 0 spiro atoms. The Morgan fingerprint density at radius 3 is 2.43 bits per heavy atom. The van der Waals surface area contributed by atoms with Crippen molar-refractivity contribution in [2.45, 2.75) is 51.8 Å². The summed E-state index contributed by atoms with van der Waals surface area (Å²) in [4.78, 5) is 15.4. The van der Waals surface area contributed by atoms with Gasteiger partial charge in [-0.1, -0.05) is 26.8 Å². The number of aliphatic hydroxyl groups is 1. The van der Waals surface area contributed by atoms with E-state index >= 15 is 0 Å². The van der Waals surface area contributed by atoms with E-state index in [9.17, 15) is 23.1 Å². The first kappa shape index (κ1) is 16.0. The van der Waals surface area contributed by atoms with Gasteiger partial charge in [0, 0.05) is 5.41 Å². The van der Waals surface area contributed by atoms with Crippen molar-refractivity contribution in [3.8, 4) is 0 Å². The molecule has 0 bridgehead atoms. The van der Waals surface area contributed by atoms with Crippen molar-refractivity contribution in [3.63, 3.8) is 0 Å². The molecule has 1 saturated carbocycles. The van der Waals surface area contributed by atoms with Gasteiger partial charge in [0.1, 0.15) is 0 Å². The lowest BCUT2D eigenvalue weighted by molar-refractivity contribution is -0.284. The highest BCUT2D eigenvalue weighted by atomic mass is 19.4. The van der Waals surface area contributed by atoms with Crippen LogP contribution in [0, 0.1) is 23.3 Å². The molecule has 3 atom stereocenters. The second kappa shape index (κ2) is 4.33. The van der Waals surface area contributed by atoms with Gasteiger partial charge in [0.05, 0.1) is 6.57 Å². The number of rotatable bonds is 0. The van der Waals surface area contributed by atoms with Gasteiger partial charge in [0.2, 0.25) is 5.70 Å². The number of fused-ring (bicyclic) bond motifs is 1. The first-order valence-electron chi connectivity index (χ1n) is 6.82. The van der Waals surface area contributed by atoms with Gasteiger partial charge in [-0.25, -0.2) is 4.85 Å². The van der Waals surface area contributed by atoms with Crippen LogP contribution in [0.15, 0.2) is 11.8 Å². The number of allylic oxidation sites excluding steroid dienone is 2. The van der Waals surface area contributed by atoms with Crippen LogP contribution >= 0.6 is 0 Å². The lowest BCUT2D eigenvalue weighted by Gasteiger charge is -2.54. The van der Waals surface area contributed by atoms with Crippen molar-refractivity contribution in [1.82, 2.24) is 0 Å². The van der Waals surface area contributed by atoms with Crippen LogP contribution in [0.1, 0.15) is 40.0 Å². The van der Waals surface area contributed by atoms with Crippen LogP contribution in [-0.2, 0) is 4.79 Å². The predicted octanol–water partition coefficient (Wildman–Crippen LogP) is 3.50. The number of hydrogen-bond donors (Lipinski definition) is 1. The topological polar surface area (TPSA) is 41.7 Å². The highest BCUT2D eigenvalue weighted by Gasteiger charge is 2.63. The van der Waals surface area contributed by atoms with Gasteiger partial charge < -0.3 is 9.90 Å². The van der Waals surface area contributed by atoms with Crippen LogP contribution < -0.4 is 0 Å². The maximum absolute atomic E-state index is 13.1. The molecule has 0 saturated heterocycles. The summed E-state index contributed by atoms with van der Waals surface area (Å²) < 4.78 is 39.3. The summed E-state index contributed by atoms with van der Waals surface area (Å²) in [5.41, 5.74) is -4.78. The number of halogens is 3. The van der Waals surface area contributed by atoms with E-state index in [0.717, 1.165) is 0 Å². The molecule has 1 N–H and O–H groups in total. The summed E-state index contributed by atoms with van der Waals surface area (Å²) in [6.07, 6.45) is -4.18. The number of nitrogens with zero attached hydrogens (tertiary/aromatic N) is 1. The van der Waals surface area contributed by atoms with Gasteiger partial charge in [0.15, 0.2) is 11.4 Å². The highest BCUT2D eigenvalue weighted by Crippen LogP contribution is 2.59. The molecule has 0 amide bonds. The second-order valence-electron chi connectivity index (χ2n) is 7.00. The molecule has 0 radical (unpaired) electrons. The minimum absolute atomic E-state index is 0.104. The molecular formula is C15H18F3NO2. The van der Waals surface area contributed by atoms with Crippen LogP contribution in [0.3, 0.4) is 0 Å². The summed E-state index contributed by atoms with van der Waals surface area (Å²) in [5.74, 6) is -0.636. The van der Waals surface area contributed by atoms with E-state index < -0.39 is 35.4 Å². The lowest BCUT2D eigenvalue weighted by atomic mass is 9.51. The predicted molar refractivity (Wildman–Crippen MR) is 69.9 cm³/mol. The summed E-state index contributed by atoms with van der Waals surface area (Å²) >= 11 is 0. The van der Waals surface area contributed by atoms with Crippen LogP contribution in [0.4, 0.5) is 13.2 Å². The fourth-order valence-electron chi connectivity index (χ4n) is 4.08. The van der Waals surface area contributed by atoms with E-state index in [-0.39, 0.29) is 23.8 Å². The average molecular weight is 301 g/mol. The molecule has 116 valence electrons. The Labute approximate surface area is 121 Å². The number of alkyl halides is 3. The Hall–Kier alpha value is -1.35. The monoisotopic (exact) mass is 301 g/mol. The minimum atomic E-state index is -4.71. The first-order chi connectivity index (χ1) is 9.37. The molecule has 3 nitrogen and oxygen atoms in total. The number of carbonyl (C=O) groups is 1. The van der Waals surface area contributed by atoms with Gasteiger partial charge in [-0.15, -0.1) is 0 Å². The van der Waals surface area contributed by atoms with Gasteiger partial charge in [-0.2, -0.15) is 13.2 Å². The van der Waals surface area contributed by atoms with Crippen molar-refractivity contribution in [2.24, 2.45) is 16.7 Å². The zero-order valence-corrected chi connectivity index (χ0v) is 12.2. The summed E-state index contributed by atoms with van der Waals surface area (Å²) in [5, 5.41) is 9.99. The molecule has 21 heavy (non-hydrogen) atoms. The average Bonchev–Trinajstić information content (AvgIpc) is 2.32. The SMILES string of the molecule is [C-]#[N+]C1=C[C@]2(C)C[C@](O)(C(F)(F)F)CC[C@H]2C(C)(C)C1=O. The van der Waals surface area contributed by atoms with Crippen molar-refractivity contribution >= 4 is 5.78 Å². The largest absolute Gasteiger partial charge is 0.417 e. The number of hydrogen-bond acceptors (Lipinski definition) is 2. The van der Waals surface area contributed by atoms with Crippen LogP contribution in [0.2, 0.25) is 0 Å². The van der Waals surface area contributed by atoms with Gasteiger partial charge >= 0.3 is 6.18 Å². The zero-order valence-electron chi connectivity index (χ0n) is 12.2. The Bertz CT molecular complexity index is 558. The number of Topliss-reactive ketones (excluding diaryl/α,β-unsaturated/α-hetero) is 1. The molecule has 0 aromatic heterocycles. The minimum Gasteiger partial charge on any atom is -0.380 e. The zero-order chi connectivity index (χ0) is 16.3. The Balaban J connectivity index is 2.53. The van der Waals surface area contributed by atoms with E-state index in [1.165, 1.54) is 6.08 Å². The summed E-state index contributed by atoms with van der Waals surface area (Å²) in [7, 11) is 0. The highest BCUT2D eigenvalue weighted by molar-refractivity contribution is 6.02. The Morgan fingerprint density at radius 2 is 1.95 bits per heavy atom. The molecule has 2 aliphatic carbocycles. The molecule has 0 aromatic rings. The van der Waals surface area contributed by atoms with Gasteiger partial charge in [-0.05, 0) is 30.6 Å². The molecule has 0 heterocycles. The van der Waals surface area contributed by atoms with Crippen molar-refractivity contribution in [1.29, 1.82) is 0 Å². The number of ketones is 1. The van der Waals surface area contributed by atoms with Crippen LogP contribution in [-0.4, -0.2) is 22.7 Å². The van der Waals surface area contributed by atoms with Gasteiger partial charge in [-0.3, -0.25) is 0 Å².